The molecule has 24 heavy (non-hydrogen) atoms. The lowest BCUT2D eigenvalue weighted by Crippen LogP contribution is -2.52. The molecule has 1 amide bonds. The SMILES string of the molecule is CC1CC(NC(=NCC(=O)N(C)C)NC2CCCCC2C)CCO1. The summed E-state index contributed by atoms with van der Waals surface area (Å²) in [6.07, 6.45) is 7.24. The lowest BCUT2D eigenvalue weighted by molar-refractivity contribution is -0.127. The number of nitrogens with zero attached hydrogens (tertiary/aromatic N) is 2. The zero-order valence-electron chi connectivity index (χ0n) is 15.7. The molecule has 6 heteroatoms. The molecular weight excluding hydrogens is 304 g/mol. The highest BCUT2D eigenvalue weighted by Gasteiger charge is 2.25. The number of hydrogen-bond donors (Lipinski definition) is 2. The number of carbonyl (C=O) groups excluding carboxylic acids is 1. The summed E-state index contributed by atoms with van der Waals surface area (Å²) in [5.41, 5.74) is 0. The molecule has 0 aromatic heterocycles. The summed E-state index contributed by atoms with van der Waals surface area (Å²) in [6, 6.07) is 0.796. The quantitative estimate of drug-likeness (QED) is 0.605. The molecule has 1 aliphatic heterocycles. The zero-order chi connectivity index (χ0) is 17.5. The summed E-state index contributed by atoms with van der Waals surface area (Å²) >= 11 is 0. The fraction of sp³-hybridized carbons (Fsp3) is 0.889. The van der Waals surface area contributed by atoms with Gasteiger partial charge in [0.2, 0.25) is 5.91 Å². The van der Waals surface area contributed by atoms with E-state index in [-0.39, 0.29) is 18.6 Å². The Kier molecular flexibility index (Phi) is 7.34. The van der Waals surface area contributed by atoms with Gasteiger partial charge in [0.15, 0.2) is 5.96 Å². The van der Waals surface area contributed by atoms with Crippen LogP contribution in [0.2, 0.25) is 0 Å². The molecule has 6 nitrogen and oxygen atoms in total. The highest BCUT2D eigenvalue weighted by Crippen LogP contribution is 2.23. The van der Waals surface area contributed by atoms with Crippen LogP contribution in [0.1, 0.15) is 52.4 Å². The first-order valence-corrected chi connectivity index (χ1v) is 9.35. The molecule has 138 valence electrons. The van der Waals surface area contributed by atoms with Gasteiger partial charge >= 0.3 is 0 Å². The number of ether oxygens (including phenoxy) is 1. The summed E-state index contributed by atoms with van der Waals surface area (Å²) < 4.78 is 5.63. The van der Waals surface area contributed by atoms with Crippen LogP contribution in [-0.4, -0.2) is 62.2 Å². The van der Waals surface area contributed by atoms with Crippen LogP contribution >= 0.6 is 0 Å². The number of likely N-dealkylation sites (N-methyl/N-ethyl adjacent to an activating group) is 1. The van der Waals surface area contributed by atoms with Crippen LogP contribution < -0.4 is 10.6 Å². The summed E-state index contributed by atoms with van der Waals surface area (Å²) in [5.74, 6) is 1.44. The zero-order valence-corrected chi connectivity index (χ0v) is 15.7. The van der Waals surface area contributed by atoms with E-state index in [1.807, 2.05) is 0 Å². The van der Waals surface area contributed by atoms with Crippen molar-refractivity contribution >= 4 is 11.9 Å². The second-order valence-electron chi connectivity index (χ2n) is 7.51. The number of rotatable bonds is 4. The second kappa shape index (κ2) is 9.25. The predicted molar refractivity (Wildman–Crippen MR) is 97.1 cm³/mol. The number of amides is 1. The lowest BCUT2D eigenvalue weighted by Gasteiger charge is -2.34. The van der Waals surface area contributed by atoms with E-state index in [2.05, 4.69) is 29.5 Å². The third-order valence-corrected chi connectivity index (χ3v) is 5.13. The Bertz CT molecular complexity index is 439. The van der Waals surface area contributed by atoms with E-state index >= 15 is 0 Å². The minimum absolute atomic E-state index is 0.0214. The van der Waals surface area contributed by atoms with Crippen LogP contribution in [0, 0.1) is 5.92 Å². The van der Waals surface area contributed by atoms with Gasteiger partial charge in [-0.25, -0.2) is 4.99 Å². The minimum Gasteiger partial charge on any atom is -0.378 e. The average molecular weight is 338 g/mol. The summed E-state index contributed by atoms with van der Waals surface area (Å²) in [7, 11) is 3.53. The first kappa shape index (κ1) is 19.0. The fourth-order valence-electron chi connectivity index (χ4n) is 3.45. The maximum atomic E-state index is 11.9. The summed E-state index contributed by atoms with van der Waals surface area (Å²) in [6.45, 7) is 5.37. The van der Waals surface area contributed by atoms with Gasteiger partial charge in [-0.15, -0.1) is 0 Å². The largest absolute Gasteiger partial charge is 0.378 e. The van der Waals surface area contributed by atoms with Crippen molar-refractivity contribution in [1.29, 1.82) is 0 Å². The molecular formula is C18H34N4O2. The third kappa shape index (κ3) is 5.96. The molecule has 2 fully saturated rings. The van der Waals surface area contributed by atoms with Gasteiger partial charge in [0.25, 0.3) is 0 Å². The number of guanidine groups is 1. The van der Waals surface area contributed by atoms with E-state index in [1.54, 1.807) is 19.0 Å². The molecule has 2 aliphatic rings. The Hall–Kier alpha value is -1.30. The van der Waals surface area contributed by atoms with Crippen LogP contribution in [0.5, 0.6) is 0 Å². The van der Waals surface area contributed by atoms with Gasteiger partial charge in [0.05, 0.1) is 6.10 Å². The van der Waals surface area contributed by atoms with Crippen molar-refractivity contribution in [2.24, 2.45) is 10.9 Å². The average Bonchev–Trinajstić information content (AvgIpc) is 2.54. The van der Waals surface area contributed by atoms with Crippen LogP contribution in [-0.2, 0) is 9.53 Å². The molecule has 0 aromatic rings. The molecule has 1 aliphatic carbocycles. The van der Waals surface area contributed by atoms with Crippen LogP contribution in [0.4, 0.5) is 0 Å². The number of hydrogen-bond acceptors (Lipinski definition) is 3. The van der Waals surface area contributed by atoms with E-state index in [9.17, 15) is 4.79 Å². The Labute approximate surface area is 146 Å². The van der Waals surface area contributed by atoms with Gasteiger partial charge in [-0.3, -0.25) is 4.79 Å². The van der Waals surface area contributed by atoms with Crippen molar-refractivity contribution in [3.8, 4) is 0 Å². The van der Waals surface area contributed by atoms with Crippen molar-refractivity contribution in [3.63, 3.8) is 0 Å². The topological polar surface area (TPSA) is 66.0 Å². The molecule has 0 spiro atoms. The molecule has 0 bridgehead atoms. The standard InChI is InChI=1S/C18H34N4O2/c1-13-7-5-6-8-16(13)21-18(19-12-17(23)22(3)4)20-15-9-10-24-14(2)11-15/h13-16H,5-12H2,1-4H3,(H2,19,20,21). The first-order valence-electron chi connectivity index (χ1n) is 9.35. The Morgan fingerprint density at radius 1 is 1.17 bits per heavy atom. The maximum absolute atomic E-state index is 11.9. The van der Waals surface area contributed by atoms with Crippen LogP contribution in [0.25, 0.3) is 0 Å². The highest BCUT2D eigenvalue weighted by molar-refractivity contribution is 5.85. The Morgan fingerprint density at radius 3 is 2.58 bits per heavy atom. The first-order chi connectivity index (χ1) is 11.5. The Balaban J connectivity index is 1.99. The smallest absolute Gasteiger partial charge is 0.243 e. The molecule has 4 unspecified atom stereocenters. The minimum atomic E-state index is 0.0214. The van der Waals surface area contributed by atoms with E-state index in [0.717, 1.165) is 25.4 Å². The molecule has 2 N–H and O–H groups in total. The van der Waals surface area contributed by atoms with Gasteiger partial charge in [-0.05, 0) is 38.5 Å². The molecule has 1 saturated heterocycles. The van der Waals surface area contributed by atoms with E-state index in [0.29, 0.717) is 18.0 Å². The van der Waals surface area contributed by atoms with Gasteiger partial charge < -0.3 is 20.3 Å². The lowest BCUT2D eigenvalue weighted by atomic mass is 9.86. The molecule has 1 saturated carbocycles. The maximum Gasteiger partial charge on any atom is 0.243 e. The van der Waals surface area contributed by atoms with E-state index in [4.69, 9.17) is 4.74 Å². The van der Waals surface area contributed by atoms with Crippen molar-refractivity contribution in [1.82, 2.24) is 15.5 Å². The normalized spacial score (nSPS) is 31.4. The van der Waals surface area contributed by atoms with Crippen molar-refractivity contribution < 1.29 is 9.53 Å². The molecule has 0 aromatic carbocycles. The Morgan fingerprint density at radius 2 is 1.92 bits per heavy atom. The number of nitrogens with one attached hydrogen (secondary N) is 2. The van der Waals surface area contributed by atoms with Gasteiger partial charge in [-0.1, -0.05) is 19.8 Å². The van der Waals surface area contributed by atoms with Crippen molar-refractivity contribution in [3.05, 3.63) is 0 Å². The predicted octanol–water partition coefficient (Wildman–Crippen LogP) is 1.76. The molecule has 4 atom stereocenters. The van der Waals surface area contributed by atoms with Crippen molar-refractivity contribution in [2.45, 2.75) is 70.6 Å². The van der Waals surface area contributed by atoms with Gasteiger partial charge in [-0.2, -0.15) is 0 Å². The van der Waals surface area contributed by atoms with E-state index in [1.165, 1.54) is 25.7 Å². The number of aliphatic imine (C=N–C) groups is 1. The molecule has 1 heterocycles. The van der Waals surface area contributed by atoms with E-state index < -0.39 is 0 Å². The second-order valence-corrected chi connectivity index (χ2v) is 7.51. The monoisotopic (exact) mass is 338 g/mol. The third-order valence-electron chi connectivity index (χ3n) is 5.13. The van der Waals surface area contributed by atoms with Gasteiger partial charge in [0.1, 0.15) is 6.54 Å². The molecule has 0 radical (unpaired) electrons. The number of carbonyl (C=O) groups is 1. The van der Waals surface area contributed by atoms with Crippen LogP contribution in [0.15, 0.2) is 4.99 Å². The van der Waals surface area contributed by atoms with Crippen LogP contribution in [0.3, 0.4) is 0 Å². The fourth-order valence-corrected chi connectivity index (χ4v) is 3.45. The molecule has 2 rings (SSSR count). The van der Waals surface area contributed by atoms with Crippen molar-refractivity contribution in [2.75, 3.05) is 27.2 Å². The summed E-state index contributed by atoms with van der Waals surface area (Å²) in [5, 5.41) is 7.13. The highest BCUT2D eigenvalue weighted by atomic mass is 16.5. The summed E-state index contributed by atoms with van der Waals surface area (Å²) in [4.78, 5) is 18.0. The van der Waals surface area contributed by atoms with Gasteiger partial charge in [0, 0.05) is 32.8 Å².